The zero-order valence-electron chi connectivity index (χ0n) is 26.3. The van der Waals surface area contributed by atoms with Gasteiger partial charge >= 0.3 is 7.12 Å². The van der Waals surface area contributed by atoms with Crippen LogP contribution < -0.4 is 5.46 Å². The number of carbonyl (C=O) groups excluding carboxylic acids is 2. The van der Waals surface area contributed by atoms with Gasteiger partial charge in [0, 0.05) is 23.6 Å². The highest BCUT2D eigenvalue weighted by Gasteiger charge is 2.16. The summed E-state index contributed by atoms with van der Waals surface area (Å²) in [5.41, 5.74) is 8.21. The van der Waals surface area contributed by atoms with E-state index in [0.29, 0.717) is 5.46 Å². The van der Waals surface area contributed by atoms with Crippen molar-refractivity contribution in [2.24, 2.45) is 0 Å². The van der Waals surface area contributed by atoms with E-state index in [1.807, 2.05) is 109 Å². The molecule has 240 valence electrons. The number of rotatable bonds is 6. The highest BCUT2D eigenvalue weighted by atomic mass is 127. The van der Waals surface area contributed by atoms with E-state index in [1.165, 1.54) is 0 Å². The van der Waals surface area contributed by atoms with Gasteiger partial charge in [0.1, 0.15) is 0 Å². The second-order valence-electron chi connectivity index (χ2n) is 10.7. The van der Waals surface area contributed by atoms with Crippen molar-refractivity contribution in [3.63, 3.8) is 0 Å². The summed E-state index contributed by atoms with van der Waals surface area (Å²) in [5, 5.41) is 18.4. The minimum absolute atomic E-state index is 0.0687. The molecule has 0 heterocycles. The van der Waals surface area contributed by atoms with Gasteiger partial charge in [-0.25, -0.2) is 0 Å². The summed E-state index contributed by atoms with van der Waals surface area (Å²) in [4.78, 5) is 23.0. The summed E-state index contributed by atoms with van der Waals surface area (Å²) in [6.45, 7) is 3.18. The Kier molecular flexibility index (Phi) is 14.1. The molecule has 0 spiro atoms. The molecule has 0 bridgehead atoms. The number of ketones is 2. The molecule has 0 aromatic heterocycles. The minimum atomic E-state index is -1.43. The van der Waals surface area contributed by atoms with Crippen LogP contribution in [-0.2, 0) is 0 Å². The molecule has 6 aromatic carbocycles. The molecule has 8 heteroatoms. The van der Waals surface area contributed by atoms with Gasteiger partial charge in [-0.3, -0.25) is 9.59 Å². The third-order valence-electron chi connectivity index (χ3n) is 7.29. The van der Waals surface area contributed by atoms with E-state index in [2.05, 4.69) is 78.7 Å². The average Bonchev–Trinajstić information content (AvgIpc) is 3.10. The van der Waals surface area contributed by atoms with E-state index in [1.54, 1.807) is 26.0 Å². The third-order valence-corrected chi connectivity index (χ3v) is 9.22. The molecule has 0 aliphatic rings. The van der Waals surface area contributed by atoms with E-state index in [-0.39, 0.29) is 11.6 Å². The molecular weight excluding hydrogens is 842 g/mol. The Morgan fingerprint density at radius 1 is 0.521 bits per heavy atom. The first-order chi connectivity index (χ1) is 23.1. The van der Waals surface area contributed by atoms with E-state index in [9.17, 15) is 19.6 Å². The first-order valence-electron chi connectivity index (χ1n) is 15.0. The number of benzene rings is 6. The Hall–Kier alpha value is -3.67. The number of halogens is 3. The zero-order valence-corrected chi connectivity index (χ0v) is 31.6. The summed E-state index contributed by atoms with van der Waals surface area (Å²) < 4.78 is 2.86. The molecular formula is C40H32BBr2IO4. The lowest BCUT2D eigenvalue weighted by atomic mass is 9.75. The van der Waals surface area contributed by atoms with Crippen LogP contribution in [0.3, 0.4) is 0 Å². The van der Waals surface area contributed by atoms with Crippen molar-refractivity contribution >= 4 is 78.6 Å². The largest absolute Gasteiger partial charge is 0.489 e. The zero-order chi connectivity index (χ0) is 34.6. The van der Waals surface area contributed by atoms with Crippen LogP contribution in [-0.4, -0.2) is 28.7 Å². The van der Waals surface area contributed by atoms with Crippen molar-refractivity contribution in [1.29, 1.82) is 0 Å². The van der Waals surface area contributed by atoms with Gasteiger partial charge in [0.25, 0.3) is 0 Å². The van der Waals surface area contributed by atoms with Crippen LogP contribution in [0.25, 0.3) is 33.4 Å². The molecule has 4 nitrogen and oxygen atoms in total. The van der Waals surface area contributed by atoms with Crippen LogP contribution in [0.1, 0.15) is 34.6 Å². The highest BCUT2D eigenvalue weighted by molar-refractivity contribution is 14.1. The predicted octanol–water partition coefficient (Wildman–Crippen LogP) is 10.3. The smallest absolute Gasteiger partial charge is 0.423 e. The molecule has 0 atom stereocenters. The van der Waals surface area contributed by atoms with Crippen molar-refractivity contribution in [2.75, 3.05) is 0 Å². The fourth-order valence-electron chi connectivity index (χ4n) is 5.00. The number of Topliss-reactive ketones (excluding diaryl/α,β-unsaturated/α-hetero) is 2. The molecule has 2 N–H and O–H groups in total. The van der Waals surface area contributed by atoms with E-state index in [0.717, 1.165) is 57.0 Å². The van der Waals surface area contributed by atoms with E-state index < -0.39 is 7.12 Å². The van der Waals surface area contributed by atoms with Gasteiger partial charge in [0.05, 0.1) is 0 Å². The first-order valence-corrected chi connectivity index (χ1v) is 17.6. The summed E-state index contributed by atoms with van der Waals surface area (Å²) >= 11 is 8.91. The van der Waals surface area contributed by atoms with Gasteiger partial charge in [-0.1, -0.05) is 147 Å². The van der Waals surface area contributed by atoms with Gasteiger partial charge in [0.15, 0.2) is 11.6 Å². The van der Waals surface area contributed by atoms with Crippen molar-refractivity contribution in [3.8, 4) is 33.4 Å². The maximum atomic E-state index is 12.0. The Morgan fingerprint density at radius 3 is 1.48 bits per heavy atom. The molecule has 0 aliphatic heterocycles. The normalized spacial score (nSPS) is 10.1. The fourth-order valence-corrected chi connectivity index (χ4v) is 6.44. The Balaban J connectivity index is 0.000000174. The topological polar surface area (TPSA) is 74.6 Å². The second kappa shape index (κ2) is 18.2. The molecule has 0 aliphatic carbocycles. The lowest BCUT2D eigenvalue weighted by Crippen LogP contribution is -2.31. The quantitative estimate of drug-likeness (QED) is 0.0993. The van der Waals surface area contributed by atoms with Crippen LogP contribution in [0, 0.1) is 3.57 Å². The van der Waals surface area contributed by atoms with Crippen LogP contribution >= 0.6 is 54.5 Å². The summed E-state index contributed by atoms with van der Waals surface area (Å²) in [6.07, 6.45) is 0. The molecule has 6 rings (SSSR count). The Bertz CT molecular complexity index is 2000. The van der Waals surface area contributed by atoms with Crippen molar-refractivity contribution < 1.29 is 19.6 Å². The van der Waals surface area contributed by atoms with Gasteiger partial charge in [0.2, 0.25) is 0 Å². The second-order valence-corrected chi connectivity index (χ2v) is 13.7. The standard InChI is InChI=1S/C20H15BrO.C12H11BO2.C8H6BrIO/c1-14(22)20-13-16(21)11-12-19(20)18-10-6-5-9-17(18)15-7-3-2-4-8-15;14-13(15)12-9-5-4-8-11(12)10-6-2-1-3-7-10;1-5(11)7-4-6(9)2-3-8(7)10/h2-13H,1H3;1-9,14-15H;2-4H,1H3. The lowest BCUT2D eigenvalue weighted by molar-refractivity contribution is 0.100. The Labute approximate surface area is 312 Å². The minimum Gasteiger partial charge on any atom is -0.423 e. The van der Waals surface area contributed by atoms with Crippen LogP contribution in [0.2, 0.25) is 0 Å². The number of hydrogen-bond acceptors (Lipinski definition) is 4. The third kappa shape index (κ3) is 10.2. The molecule has 0 saturated heterocycles. The summed E-state index contributed by atoms with van der Waals surface area (Å²) in [6, 6.07) is 46.9. The molecule has 0 amide bonds. The first kappa shape index (κ1) is 37.2. The lowest BCUT2D eigenvalue weighted by Gasteiger charge is -2.13. The van der Waals surface area contributed by atoms with Crippen LogP contribution in [0.5, 0.6) is 0 Å². The van der Waals surface area contributed by atoms with Crippen LogP contribution in [0.4, 0.5) is 0 Å². The molecule has 0 saturated carbocycles. The Morgan fingerprint density at radius 2 is 0.958 bits per heavy atom. The van der Waals surface area contributed by atoms with E-state index in [4.69, 9.17) is 0 Å². The predicted molar refractivity (Wildman–Crippen MR) is 214 cm³/mol. The molecule has 0 radical (unpaired) electrons. The average molecular weight is 874 g/mol. The maximum absolute atomic E-state index is 12.0. The van der Waals surface area contributed by atoms with Crippen molar-refractivity contribution in [3.05, 3.63) is 169 Å². The monoisotopic (exact) mass is 872 g/mol. The van der Waals surface area contributed by atoms with Gasteiger partial charge in [-0.2, -0.15) is 0 Å². The van der Waals surface area contributed by atoms with Crippen molar-refractivity contribution in [1.82, 2.24) is 0 Å². The number of carbonyl (C=O) groups is 2. The van der Waals surface area contributed by atoms with Gasteiger partial charge in [-0.05, 0) is 106 Å². The molecule has 48 heavy (non-hydrogen) atoms. The molecule has 0 unspecified atom stereocenters. The fraction of sp³-hybridized carbons (Fsp3) is 0.0500. The highest BCUT2D eigenvalue weighted by Crippen LogP contribution is 2.35. The molecule has 0 fully saturated rings. The summed E-state index contributed by atoms with van der Waals surface area (Å²) in [5.74, 6) is 0.176. The van der Waals surface area contributed by atoms with E-state index >= 15 is 0 Å². The van der Waals surface area contributed by atoms with Crippen molar-refractivity contribution in [2.45, 2.75) is 13.8 Å². The van der Waals surface area contributed by atoms with Crippen LogP contribution in [0.15, 0.2) is 155 Å². The SMILES string of the molecule is CC(=O)c1cc(Br)ccc1-c1ccccc1-c1ccccc1.CC(=O)c1cc(Br)ccc1I.OB(O)c1ccccc1-c1ccccc1. The van der Waals surface area contributed by atoms with Gasteiger partial charge < -0.3 is 10.0 Å². The molecule has 6 aromatic rings. The van der Waals surface area contributed by atoms with Gasteiger partial charge in [-0.15, -0.1) is 0 Å². The maximum Gasteiger partial charge on any atom is 0.489 e. The summed E-state index contributed by atoms with van der Waals surface area (Å²) in [7, 11) is -1.43. The number of hydrogen-bond donors (Lipinski definition) is 2.